The summed E-state index contributed by atoms with van der Waals surface area (Å²) in [6, 6.07) is 13.6. The number of hydrogen-bond donors (Lipinski definition) is 2. The zero-order valence-corrected chi connectivity index (χ0v) is 22.6. The van der Waals surface area contributed by atoms with Gasteiger partial charge in [-0.3, -0.25) is 14.5 Å². The lowest BCUT2D eigenvalue weighted by atomic mass is 9.83. The number of nitrogens with zero attached hydrogens (tertiary/aromatic N) is 2. The van der Waals surface area contributed by atoms with E-state index in [9.17, 15) is 14.7 Å². The molecule has 3 unspecified atom stereocenters. The fourth-order valence-corrected chi connectivity index (χ4v) is 5.98. The Kier molecular flexibility index (Phi) is 9.63. The molecule has 1 fully saturated rings. The quantitative estimate of drug-likeness (QED) is 0.415. The normalized spacial score (nSPS) is 20.7. The average molecular weight is 524 g/mol. The first-order valence-corrected chi connectivity index (χ1v) is 13.8. The van der Waals surface area contributed by atoms with Gasteiger partial charge in [0.1, 0.15) is 11.5 Å². The van der Waals surface area contributed by atoms with Crippen molar-refractivity contribution in [2.24, 2.45) is 11.7 Å². The van der Waals surface area contributed by atoms with Gasteiger partial charge in [-0.15, -0.1) is 0 Å². The second-order valence-corrected chi connectivity index (χ2v) is 10.3. The Morgan fingerprint density at radius 3 is 2.76 bits per heavy atom. The molecular formula is C30H41N3O5. The van der Waals surface area contributed by atoms with Crippen LogP contribution in [0.3, 0.4) is 0 Å². The van der Waals surface area contributed by atoms with Gasteiger partial charge in [0.15, 0.2) is 0 Å². The Bertz CT molecular complexity index is 1110. The summed E-state index contributed by atoms with van der Waals surface area (Å²) in [7, 11) is 1.65. The standard InChI is InChI=1S/C30H41N3O5/c1-3-4-15-32(16-14-31)28(34)20-33-19-24(22-10-12-27-23(18-22)13-17-38-27)29(30(35)36)25(33)11-9-21-7-5-6-8-26(21)37-2/h5-8,10,12,18,24-25,29H,3-4,9,11,13-17,19-20,31H2,1-2H3,(H,35,36). The fourth-order valence-electron chi connectivity index (χ4n) is 5.98. The predicted octanol–water partition coefficient (Wildman–Crippen LogP) is 3.32. The monoisotopic (exact) mass is 523 g/mol. The molecule has 2 aromatic rings. The smallest absolute Gasteiger partial charge is 0.308 e. The molecule has 38 heavy (non-hydrogen) atoms. The number of carbonyl (C=O) groups is 2. The number of aryl methyl sites for hydroxylation is 1. The zero-order valence-electron chi connectivity index (χ0n) is 22.6. The second kappa shape index (κ2) is 13.1. The Morgan fingerprint density at radius 2 is 2.03 bits per heavy atom. The Hall–Kier alpha value is -3.10. The molecule has 206 valence electrons. The van der Waals surface area contributed by atoms with Crippen LogP contribution in [0.15, 0.2) is 42.5 Å². The van der Waals surface area contributed by atoms with E-state index in [-0.39, 0.29) is 24.4 Å². The van der Waals surface area contributed by atoms with Crippen LogP contribution in [-0.4, -0.2) is 79.3 Å². The third-order valence-electron chi connectivity index (χ3n) is 7.95. The van der Waals surface area contributed by atoms with E-state index < -0.39 is 11.9 Å². The summed E-state index contributed by atoms with van der Waals surface area (Å²) in [5.74, 6) is 0.0226. The summed E-state index contributed by atoms with van der Waals surface area (Å²) in [4.78, 5) is 30.1. The van der Waals surface area contributed by atoms with Crippen LogP contribution in [0.4, 0.5) is 0 Å². The van der Waals surface area contributed by atoms with Gasteiger partial charge in [-0.1, -0.05) is 43.7 Å². The van der Waals surface area contributed by atoms with Crippen molar-refractivity contribution in [1.29, 1.82) is 0 Å². The van der Waals surface area contributed by atoms with Crippen molar-refractivity contribution in [1.82, 2.24) is 9.80 Å². The summed E-state index contributed by atoms with van der Waals surface area (Å²) in [6.07, 6.45) is 4.02. The van der Waals surface area contributed by atoms with Crippen LogP contribution < -0.4 is 15.2 Å². The molecule has 3 atom stereocenters. The number of para-hydroxylation sites is 1. The predicted molar refractivity (Wildman–Crippen MR) is 147 cm³/mol. The number of hydrogen-bond acceptors (Lipinski definition) is 6. The molecule has 8 heteroatoms. The summed E-state index contributed by atoms with van der Waals surface area (Å²) >= 11 is 0. The van der Waals surface area contributed by atoms with Crippen molar-refractivity contribution >= 4 is 11.9 Å². The molecule has 2 aliphatic heterocycles. The second-order valence-electron chi connectivity index (χ2n) is 10.3. The minimum absolute atomic E-state index is 0.0123. The lowest BCUT2D eigenvalue weighted by Gasteiger charge is -2.29. The van der Waals surface area contributed by atoms with Crippen LogP contribution in [-0.2, 0) is 22.4 Å². The molecule has 1 saturated heterocycles. The minimum Gasteiger partial charge on any atom is -0.496 e. The van der Waals surface area contributed by atoms with Crippen LogP contribution in [0, 0.1) is 5.92 Å². The molecule has 0 saturated carbocycles. The molecule has 0 bridgehead atoms. The summed E-state index contributed by atoms with van der Waals surface area (Å²) in [5, 5.41) is 10.5. The van der Waals surface area contributed by atoms with Gasteiger partial charge < -0.3 is 25.2 Å². The SMILES string of the molecule is CCCCN(CCN)C(=O)CN1CC(c2ccc3c(c2)CCO3)C(C(=O)O)C1CCc1ccccc1OC. The van der Waals surface area contributed by atoms with Gasteiger partial charge in [0.2, 0.25) is 5.91 Å². The van der Waals surface area contributed by atoms with Crippen LogP contribution in [0.2, 0.25) is 0 Å². The number of carboxylic acid groups (broad SMARTS) is 1. The number of unbranched alkanes of at least 4 members (excludes halogenated alkanes) is 1. The number of methoxy groups -OCH3 is 1. The van der Waals surface area contributed by atoms with Crippen molar-refractivity contribution in [3.63, 3.8) is 0 Å². The topological polar surface area (TPSA) is 105 Å². The lowest BCUT2D eigenvalue weighted by Crippen LogP contribution is -2.45. The molecule has 2 aliphatic rings. The number of fused-ring (bicyclic) bond motifs is 1. The van der Waals surface area contributed by atoms with E-state index in [1.165, 1.54) is 0 Å². The maximum atomic E-state index is 13.4. The molecule has 0 aromatic heterocycles. The molecular weight excluding hydrogens is 482 g/mol. The summed E-state index contributed by atoms with van der Waals surface area (Å²) in [6.45, 7) is 5.05. The van der Waals surface area contributed by atoms with Crippen molar-refractivity contribution < 1.29 is 24.2 Å². The first kappa shape index (κ1) is 27.9. The third kappa shape index (κ3) is 6.30. The summed E-state index contributed by atoms with van der Waals surface area (Å²) < 4.78 is 11.2. The van der Waals surface area contributed by atoms with Gasteiger partial charge >= 0.3 is 5.97 Å². The molecule has 8 nitrogen and oxygen atoms in total. The van der Waals surface area contributed by atoms with Crippen LogP contribution >= 0.6 is 0 Å². The summed E-state index contributed by atoms with van der Waals surface area (Å²) in [5.41, 5.74) is 8.98. The van der Waals surface area contributed by atoms with E-state index in [4.69, 9.17) is 15.2 Å². The number of rotatable bonds is 13. The number of carbonyl (C=O) groups excluding carboxylic acids is 1. The number of likely N-dealkylation sites (tertiary alicyclic amines) is 1. The molecule has 0 radical (unpaired) electrons. The molecule has 1 amide bonds. The Morgan fingerprint density at radius 1 is 1.21 bits per heavy atom. The van der Waals surface area contributed by atoms with Gasteiger partial charge in [0.25, 0.3) is 0 Å². The van der Waals surface area contributed by atoms with Gasteiger partial charge in [0, 0.05) is 44.6 Å². The minimum atomic E-state index is -0.823. The van der Waals surface area contributed by atoms with Crippen LogP contribution in [0.25, 0.3) is 0 Å². The highest BCUT2D eigenvalue weighted by Gasteiger charge is 2.47. The molecule has 0 spiro atoms. The Balaban J connectivity index is 1.62. The number of nitrogens with two attached hydrogens (primary N) is 1. The van der Waals surface area contributed by atoms with E-state index in [2.05, 4.69) is 17.9 Å². The van der Waals surface area contributed by atoms with Crippen molar-refractivity contribution in [2.45, 2.75) is 51.0 Å². The number of amides is 1. The van der Waals surface area contributed by atoms with Gasteiger partial charge in [-0.05, 0) is 48.1 Å². The number of carboxylic acids is 1. The maximum Gasteiger partial charge on any atom is 0.308 e. The van der Waals surface area contributed by atoms with Crippen molar-refractivity contribution in [2.75, 3.05) is 46.4 Å². The van der Waals surface area contributed by atoms with E-state index in [0.29, 0.717) is 45.6 Å². The maximum absolute atomic E-state index is 13.4. The van der Waals surface area contributed by atoms with E-state index in [1.54, 1.807) is 7.11 Å². The first-order chi connectivity index (χ1) is 18.5. The van der Waals surface area contributed by atoms with Gasteiger partial charge in [0.05, 0.1) is 26.2 Å². The molecule has 2 heterocycles. The lowest BCUT2D eigenvalue weighted by molar-refractivity contribution is -0.143. The number of ether oxygens (including phenoxy) is 2. The van der Waals surface area contributed by atoms with E-state index in [0.717, 1.165) is 47.5 Å². The van der Waals surface area contributed by atoms with Gasteiger partial charge in [-0.2, -0.15) is 0 Å². The van der Waals surface area contributed by atoms with E-state index in [1.807, 2.05) is 41.3 Å². The Labute approximate surface area is 225 Å². The van der Waals surface area contributed by atoms with E-state index >= 15 is 0 Å². The molecule has 3 N–H and O–H groups in total. The number of aliphatic carboxylic acids is 1. The highest BCUT2D eigenvalue weighted by atomic mass is 16.5. The third-order valence-corrected chi connectivity index (χ3v) is 7.95. The molecule has 2 aromatic carbocycles. The zero-order chi connectivity index (χ0) is 27.1. The average Bonchev–Trinajstić information content (AvgIpc) is 3.54. The van der Waals surface area contributed by atoms with Crippen LogP contribution in [0.1, 0.15) is 48.8 Å². The highest BCUT2D eigenvalue weighted by molar-refractivity contribution is 5.79. The van der Waals surface area contributed by atoms with Crippen molar-refractivity contribution in [3.05, 3.63) is 59.2 Å². The molecule has 0 aliphatic carbocycles. The van der Waals surface area contributed by atoms with Crippen LogP contribution in [0.5, 0.6) is 11.5 Å². The van der Waals surface area contributed by atoms with Crippen molar-refractivity contribution in [3.8, 4) is 11.5 Å². The van der Waals surface area contributed by atoms with Gasteiger partial charge in [-0.25, -0.2) is 0 Å². The fraction of sp³-hybridized carbons (Fsp3) is 0.533. The largest absolute Gasteiger partial charge is 0.496 e. The first-order valence-electron chi connectivity index (χ1n) is 13.8. The highest BCUT2D eigenvalue weighted by Crippen LogP contribution is 2.41. The molecule has 4 rings (SSSR count). The number of benzene rings is 2.